The van der Waals surface area contributed by atoms with E-state index in [-0.39, 0.29) is 29.5 Å². The second-order valence-corrected chi connectivity index (χ2v) is 6.81. The average molecular weight is 397 g/mol. The first-order valence-electron chi connectivity index (χ1n) is 8.26. The van der Waals surface area contributed by atoms with Gasteiger partial charge >= 0.3 is 6.18 Å². The number of aryl methyl sites for hydroxylation is 1. The predicted octanol–water partition coefficient (Wildman–Crippen LogP) is 5.73. The average Bonchev–Trinajstić information content (AvgIpc) is 2.99. The van der Waals surface area contributed by atoms with E-state index in [4.69, 9.17) is 9.47 Å². The van der Waals surface area contributed by atoms with Crippen molar-refractivity contribution in [2.24, 2.45) is 0 Å². The van der Waals surface area contributed by atoms with Gasteiger partial charge in [0.2, 0.25) is 0 Å². The molecular weight excluding hydrogens is 377 g/mol. The fraction of sp³-hybridized carbons (Fsp3) is 0.588. The topological polar surface area (TPSA) is 31.4 Å². The molecule has 146 valence electrons. The Morgan fingerprint density at radius 1 is 1.27 bits per heavy atom. The lowest BCUT2D eigenvalue weighted by molar-refractivity contribution is -0.169. The number of nitrogens with zero attached hydrogens (tertiary/aromatic N) is 1. The van der Waals surface area contributed by atoms with E-state index in [0.29, 0.717) is 24.5 Å². The number of allylic oxidation sites excluding steroid dienone is 4. The number of thiazole rings is 1. The lowest BCUT2D eigenvalue weighted by Crippen LogP contribution is -2.22. The van der Waals surface area contributed by atoms with Crippen molar-refractivity contribution < 1.29 is 31.4 Å². The molecule has 1 aliphatic rings. The molecule has 0 amide bonds. The van der Waals surface area contributed by atoms with Crippen LogP contribution in [0.5, 0.6) is 0 Å². The van der Waals surface area contributed by atoms with E-state index in [1.54, 1.807) is 0 Å². The van der Waals surface area contributed by atoms with Gasteiger partial charge in [0.15, 0.2) is 6.29 Å². The SMILES string of the molecule is FC(F)c1sc(CC/C=C\C=C\C(F)(F)F)nc1COC1CCCCO1. The van der Waals surface area contributed by atoms with Crippen molar-refractivity contribution in [3.63, 3.8) is 0 Å². The summed E-state index contributed by atoms with van der Waals surface area (Å²) in [6, 6.07) is 0. The summed E-state index contributed by atoms with van der Waals surface area (Å²) in [5.74, 6) is 0. The molecule has 1 fully saturated rings. The van der Waals surface area contributed by atoms with Gasteiger partial charge in [-0.15, -0.1) is 11.3 Å². The molecule has 1 atom stereocenters. The molecule has 2 rings (SSSR count). The van der Waals surface area contributed by atoms with Gasteiger partial charge in [0.25, 0.3) is 6.43 Å². The van der Waals surface area contributed by atoms with E-state index in [1.807, 2.05) is 0 Å². The summed E-state index contributed by atoms with van der Waals surface area (Å²) in [6.07, 6.45) is -0.0680. The normalized spacial score (nSPS) is 19.2. The molecule has 26 heavy (non-hydrogen) atoms. The van der Waals surface area contributed by atoms with Crippen molar-refractivity contribution in [2.75, 3.05) is 6.61 Å². The summed E-state index contributed by atoms with van der Waals surface area (Å²) in [6.45, 7) is 0.564. The van der Waals surface area contributed by atoms with Crippen LogP contribution in [0.3, 0.4) is 0 Å². The molecule has 1 saturated heterocycles. The fourth-order valence-electron chi connectivity index (χ4n) is 2.36. The highest BCUT2D eigenvalue weighted by Gasteiger charge is 2.22. The maximum Gasteiger partial charge on any atom is 0.409 e. The van der Waals surface area contributed by atoms with Crippen molar-refractivity contribution in [3.8, 4) is 0 Å². The van der Waals surface area contributed by atoms with E-state index < -0.39 is 12.6 Å². The molecule has 1 aromatic rings. The minimum atomic E-state index is -4.34. The van der Waals surface area contributed by atoms with Gasteiger partial charge in [-0.3, -0.25) is 0 Å². The van der Waals surface area contributed by atoms with E-state index in [9.17, 15) is 22.0 Å². The van der Waals surface area contributed by atoms with Crippen LogP contribution < -0.4 is 0 Å². The summed E-state index contributed by atoms with van der Waals surface area (Å²) >= 11 is 0.908. The zero-order valence-corrected chi connectivity index (χ0v) is 14.8. The van der Waals surface area contributed by atoms with Crippen molar-refractivity contribution in [1.82, 2.24) is 4.98 Å². The molecule has 1 aromatic heterocycles. The van der Waals surface area contributed by atoms with E-state index in [2.05, 4.69) is 4.98 Å². The summed E-state index contributed by atoms with van der Waals surface area (Å²) in [5.41, 5.74) is 0.204. The largest absolute Gasteiger partial charge is 0.409 e. The molecule has 2 heterocycles. The molecule has 0 saturated carbocycles. The monoisotopic (exact) mass is 397 g/mol. The van der Waals surface area contributed by atoms with Gasteiger partial charge in [-0.05, 0) is 25.7 Å². The molecule has 1 unspecified atom stereocenters. The van der Waals surface area contributed by atoms with Crippen LogP contribution in [0.25, 0.3) is 0 Å². The zero-order valence-electron chi connectivity index (χ0n) is 14.0. The third kappa shape index (κ3) is 7.51. The number of hydrogen-bond donors (Lipinski definition) is 0. The Morgan fingerprint density at radius 3 is 2.73 bits per heavy atom. The van der Waals surface area contributed by atoms with Crippen LogP contribution in [0.15, 0.2) is 24.3 Å². The molecule has 0 spiro atoms. The quantitative estimate of drug-likeness (QED) is 0.415. The van der Waals surface area contributed by atoms with Gasteiger partial charge in [-0.25, -0.2) is 13.8 Å². The number of rotatable bonds is 8. The minimum Gasteiger partial charge on any atom is -0.353 e. The standard InChI is InChI=1S/C17H20F5NO2S/c18-16(19)15-12(11-25-14-8-4-6-10-24-14)23-13(26-15)7-3-1-2-5-9-17(20,21)22/h1-2,5,9,14,16H,3-4,6-8,10-11H2/b2-1-,9-5+. The Morgan fingerprint density at radius 2 is 2.08 bits per heavy atom. The van der Waals surface area contributed by atoms with Crippen molar-refractivity contribution in [3.05, 3.63) is 39.9 Å². The van der Waals surface area contributed by atoms with E-state index >= 15 is 0 Å². The van der Waals surface area contributed by atoms with Gasteiger partial charge in [-0.2, -0.15) is 13.2 Å². The number of hydrogen-bond acceptors (Lipinski definition) is 4. The lowest BCUT2D eigenvalue weighted by Gasteiger charge is -2.22. The van der Waals surface area contributed by atoms with Crippen LogP contribution >= 0.6 is 11.3 Å². The Bertz CT molecular complexity index is 607. The Labute approximate surface area is 152 Å². The van der Waals surface area contributed by atoms with Crippen molar-refractivity contribution in [1.29, 1.82) is 0 Å². The van der Waals surface area contributed by atoms with Gasteiger partial charge in [0.1, 0.15) is 0 Å². The molecule has 0 N–H and O–H groups in total. The maximum absolute atomic E-state index is 13.2. The molecule has 0 radical (unpaired) electrons. The first kappa shape index (κ1) is 21.0. The second kappa shape index (κ2) is 10.1. The van der Waals surface area contributed by atoms with Gasteiger partial charge in [0.05, 0.1) is 22.2 Å². The van der Waals surface area contributed by atoms with Crippen LogP contribution in [0.1, 0.15) is 47.7 Å². The number of halogens is 5. The molecule has 0 bridgehead atoms. The van der Waals surface area contributed by atoms with Crippen LogP contribution in [-0.4, -0.2) is 24.1 Å². The Kier molecular flexibility index (Phi) is 8.17. The highest BCUT2D eigenvalue weighted by Crippen LogP contribution is 2.31. The highest BCUT2D eigenvalue weighted by atomic mass is 32.1. The predicted molar refractivity (Wildman–Crippen MR) is 88.1 cm³/mol. The molecule has 9 heteroatoms. The number of alkyl halides is 5. The smallest absolute Gasteiger partial charge is 0.353 e. The third-order valence-electron chi connectivity index (χ3n) is 3.57. The van der Waals surface area contributed by atoms with Crippen molar-refractivity contribution >= 4 is 11.3 Å². The second-order valence-electron chi connectivity index (χ2n) is 5.69. The number of aromatic nitrogens is 1. The molecule has 1 aliphatic heterocycles. The molecular formula is C17H20F5NO2S. The fourth-order valence-corrected chi connectivity index (χ4v) is 3.30. The summed E-state index contributed by atoms with van der Waals surface area (Å²) < 4.78 is 73.1. The molecule has 3 nitrogen and oxygen atoms in total. The van der Waals surface area contributed by atoms with Crippen LogP contribution in [-0.2, 0) is 22.5 Å². The summed E-state index contributed by atoms with van der Waals surface area (Å²) in [7, 11) is 0. The molecule has 0 aromatic carbocycles. The van der Waals surface area contributed by atoms with Crippen LogP contribution in [0, 0.1) is 0 Å². The maximum atomic E-state index is 13.2. The number of ether oxygens (including phenoxy) is 2. The summed E-state index contributed by atoms with van der Waals surface area (Å²) in [4.78, 5) is 4.07. The zero-order chi connectivity index (χ0) is 19.0. The highest BCUT2D eigenvalue weighted by molar-refractivity contribution is 7.11. The van der Waals surface area contributed by atoms with Gasteiger partial charge in [-0.1, -0.05) is 18.2 Å². The van der Waals surface area contributed by atoms with Gasteiger partial charge in [0, 0.05) is 19.1 Å². The van der Waals surface area contributed by atoms with Crippen LogP contribution in [0.2, 0.25) is 0 Å². The summed E-state index contributed by atoms with van der Waals surface area (Å²) in [5, 5.41) is 0.507. The first-order valence-corrected chi connectivity index (χ1v) is 9.08. The Balaban J connectivity index is 1.86. The van der Waals surface area contributed by atoms with E-state index in [1.165, 1.54) is 12.2 Å². The van der Waals surface area contributed by atoms with Crippen LogP contribution in [0.4, 0.5) is 22.0 Å². The van der Waals surface area contributed by atoms with E-state index in [0.717, 1.165) is 36.7 Å². The lowest BCUT2D eigenvalue weighted by atomic mass is 10.2. The third-order valence-corrected chi connectivity index (χ3v) is 4.74. The minimum absolute atomic E-state index is 0.0367. The Hall–Kier alpha value is -1.32. The first-order chi connectivity index (χ1) is 12.3. The molecule has 0 aliphatic carbocycles. The van der Waals surface area contributed by atoms with Gasteiger partial charge < -0.3 is 9.47 Å². The van der Waals surface area contributed by atoms with Crippen molar-refractivity contribution in [2.45, 2.75) is 57.6 Å².